The number of carbonyl (C=O) groups excluding carboxylic acids is 1. The molecular weight excluding hydrogens is 276 g/mol. The topological polar surface area (TPSA) is 46.3 Å². The fourth-order valence-electron chi connectivity index (χ4n) is 2.73. The summed E-state index contributed by atoms with van der Waals surface area (Å²) in [5, 5.41) is 3.96. The van der Waals surface area contributed by atoms with Crippen LogP contribution in [0.15, 0.2) is 53.1 Å². The Morgan fingerprint density at radius 1 is 1.36 bits per heavy atom. The van der Waals surface area contributed by atoms with Crippen LogP contribution in [-0.2, 0) is 0 Å². The summed E-state index contributed by atoms with van der Waals surface area (Å²) in [7, 11) is 0. The first-order valence-electron chi connectivity index (χ1n) is 7.79. The van der Waals surface area contributed by atoms with E-state index in [0.717, 1.165) is 24.8 Å². The molecule has 1 aromatic heterocycles. The molecule has 1 atom stereocenters. The molecule has 1 aliphatic rings. The summed E-state index contributed by atoms with van der Waals surface area (Å²) < 4.78 is 5.33. The SMILES string of the molecule is CCCC[C@H]1C=CCN1C(=O)c1cc(-c2ccccc2)on1. The number of hydrogen-bond donors (Lipinski definition) is 0. The van der Waals surface area contributed by atoms with Crippen LogP contribution in [0.1, 0.15) is 36.7 Å². The van der Waals surface area contributed by atoms with Gasteiger partial charge in [0.2, 0.25) is 0 Å². The van der Waals surface area contributed by atoms with Gasteiger partial charge in [0, 0.05) is 18.2 Å². The van der Waals surface area contributed by atoms with Gasteiger partial charge in [-0.25, -0.2) is 0 Å². The number of rotatable bonds is 5. The second-order valence-corrected chi connectivity index (χ2v) is 5.54. The largest absolute Gasteiger partial charge is 0.355 e. The first-order valence-corrected chi connectivity index (χ1v) is 7.79. The maximum absolute atomic E-state index is 12.6. The highest BCUT2D eigenvalue weighted by molar-refractivity contribution is 5.93. The van der Waals surface area contributed by atoms with Crippen LogP contribution in [0.2, 0.25) is 0 Å². The predicted molar refractivity (Wildman–Crippen MR) is 85.4 cm³/mol. The third-order valence-corrected chi connectivity index (χ3v) is 3.96. The van der Waals surface area contributed by atoms with E-state index in [0.29, 0.717) is 18.0 Å². The van der Waals surface area contributed by atoms with Crippen molar-refractivity contribution in [2.45, 2.75) is 32.2 Å². The van der Waals surface area contributed by atoms with Crippen LogP contribution in [-0.4, -0.2) is 28.6 Å². The molecule has 1 aliphatic heterocycles. The van der Waals surface area contributed by atoms with Gasteiger partial charge in [-0.1, -0.05) is 67.4 Å². The summed E-state index contributed by atoms with van der Waals surface area (Å²) in [6.07, 6.45) is 7.42. The van der Waals surface area contributed by atoms with Gasteiger partial charge in [-0.05, 0) is 6.42 Å². The first-order chi connectivity index (χ1) is 10.8. The molecule has 0 bridgehead atoms. The third kappa shape index (κ3) is 2.96. The Labute approximate surface area is 130 Å². The molecule has 4 heteroatoms. The Kier molecular flexibility index (Phi) is 4.37. The Morgan fingerprint density at radius 3 is 2.95 bits per heavy atom. The van der Waals surface area contributed by atoms with Crippen LogP contribution in [0.4, 0.5) is 0 Å². The average Bonchev–Trinajstić information content (AvgIpc) is 3.22. The van der Waals surface area contributed by atoms with Crippen molar-refractivity contribution in [2.75, 3.05) is 6.54 Å². The summed E-state index contributed by atoms with van der Waals surface area (Å²) >= 11 is 0. The zero-order valence-electron chi connectivity index (χ0n) is 12.7. The van der Waals surface area contributed by atoms with Crippen LogP contribution in [0.5, 0.6) is 0 Å². The lowest BCUT2D eigenvalue weighted by Crippen LogP contribution is -2.36. The molecule has 0 saturated heterocycles. The quantitative estimate of drug-likeness (QED) is 0.786. The van der Waals surface area contributed by atoms with Crippen molar-refractivity contribution in [2.24, 2.45) is 0 Å². The zero-order chi connectivity index (χ0) is 15.4. The Hall–Kier alpha value is -2.36. The van der Waals surface area contributed by atoms with Gasteiger partial charge in [0.15, 0.2) is 11.5 Å². The normalized spacial score (nSPS) is 17.1. The molecule has 4 nitrogen and oxygen atoms in total. The van der Waals surface area contributed by atoms with Crippen molar-refractivity contribution >= 4 is 5.91 Å². The van der Waals surface area contributed by atoms with Gasteiger partial charge in [0.25, 0.3) is 5.91 Å². The lowest BCUT2D eigenvalue weighted by atomic mass is 10.1. The summed E-state index contributed by atoms with van der Waals surface area (Å²) in [4.78, 5) is 14.5. The van der Waals surface area contributed by atoms with E-state index in [4.69, 9.17) is 4.52 Å². The molecule has 0 fully saturated rings. The van der Waals surface area contributed by atoms with Crippen molar-refractivity contribution in [3.8, 4) is 11.3 Å². The minimum absolute atomic E-state index is 0.0583. The molecule has 2 heterocycles. The predicted octanol–water partition coefficient (Wildman–Crippen LogP) is 3.91. The Balaban J connectivity index is 1.74. The van der Waals surface area contributed by atoms with Gasteiger partial charge >= 0.3 is 0 Å². The maximum Gasteiger partial charge on any atom is 0.276 e. The third-order valence-electron chi connectivity index (χ3n) is 3.96. The Morgan fingerprint density at radius 2 is 2.18 bits per heavy atom. The van der Waals surface area contributed by atoms with Gasteiger partial charge in [-0.2, -0.15) is 0 Å². The second kappa shape index (κ2) is 6.60. The van der Waals surface area contributed by atoms with Crippen molar-refractivity contribution in [3.05, 3.63) is 54.2 Å². The van der Waals surface area contributed by atoms with E-state index in [1.54, 1.807) is 6.07 Å². The van der Waals surface area contributed by atoms with Gasteiger partial charge in [0.1, 0.15) is 0 Å². The second-order valence-electron chi connectivity index (χ2n) is 5.54. The van der Waals surface area contributed by atoms with Crippen molar-refractivity contribution in [3.63, 3.8) is 0 Å². The molecule has 0 aliphatic carbocycles. The lowest BCUT2D eigenvalue weighted by molar-refractivity contribution is 0.0733. The average molecular weight is 296 g/mol. The standard InChI is InChI=1S/C18H20N2O2/c1-2-3-10-15-11-7-12-20(15)18(21)16-13-17(22-19-16)14-8-5-4-6-9-14/h4-9,11,13,15H,2-3,10,12H2,1H3/t15-/m0/s1. The highest BCUT2D eigenvalue weighted by atomic mass is 16.5. The van der Waals surface area contributed by atoms with E-state index in [-0.39, 0.29) is 11.9 Å². The van der Waals surface area contributed by atoms with Crippen LogP contribution < -0.4 is 0 Å². The molecule has 0 radical (unpaired) electrons. The van der Waals surface area contributed by atoms with Gasteiger partial charge < -0.3 is 9.42 Å². The Bertz CT molecular complexity index is 661. The van der Waals surface area contributed by atoms with Gasteiger partial charge in [0.05, 0.1) is 6.04 Å². The van der Waals surface area contributed by atoms with Crippen LogP contribution >= 0.6 is 0 Å². The van der Waals surface area contributed by atoms with E-state index >= 15 is 0 Å². The smallest absolute Gasteiger partial charge is 0.276 e. The first kappa shape index (κ1) is 14.6. The fraction of sp³-hybridized carbons (Fsp3) is 0.333. The molecule has 3 rings (SSSR count). The molecule has 0 saturated carbocycles. The summed E-state index contributed by atoms with van der Waals surface area (Å²) in [6.45, 7) is 2.81. The van der Waals surface area contributed by atoms with E-state index in [1.165, 1.54) is 0 Å². The van der Waals surface area contributed by atoms with Crippen LogP contribution in [0, 0.1) is 0 Å². The molecule has 1 aromatic carbocycles. The number of nitrogens with zero attached hydrogens (tertiary/aromatic N) is 2. The maximum atomic E-state index is 12.6. The number of benzene rings is 1. The summed E-state index contributed by atoms with van der Waals surface area (Å²) in [5.74, 6) is 0.568. The van der Waals surface area contributed by atoms with Crippen LogP contribution in [0.25, 0.3) is 11.3 Å². The molecule has 114 valence electrons. The molecule has 0 N–H and O–H groups in total. The fourth-order valence-corrected chi connectivity index (χ4v) is 2.73. The van der Waals surface area contributed by atoms with Crippen molar-refractivity contribution in [1.29, 1.82) is 0 Å². The molecule has 22 heavy (non-hydrogen) atoms. The van der Waals surface area contributed by atoms with Crippen molar-refractivity contribution in [1.82, 2.24) is 10.1 Å². The number of aromatic nitrogens is 1. The highest BCUT2D eigenvalue weighted by Crippen LogP contribution is 2.23. The molecule has 0 spiro atoms. The highest BCUT2D eigenvalue weighted by Gasteiger charge is 2.27. The van der Waals surface area contributed by atoms with Crippen molar-refractivity contribution < 1.29 is 9.32 Å². The molecule has 0 unspecified atom stereocenters. The number of hydrogen-bond acceptors (Lipinski definition) is 3. The minimum atomic E-state index is -0.0583. The monoisotopic (exact) mass is 296 g/mol. The van der Waals surface area contributed by atoms with Gasteiger partial charge in [-0.15, -0.1) is 0 Å². The molecular formula is C18H20N2O2. The zero-order valence-corrected chi connectivity index (χ0v) is 12.7. The summed E-state index contributed by atoms with van der Waals surface area (Å²) in [5.41, 5.74) is 1.31. The summed E-state index contributed by atoms with van der Waals surface area (Å²) in [6, 6.07) is 11.6. The molecule has 1 amide bonds. The van der Waals surface area contributed by atoms with E-state index in [1.807, 2.05) is 35.2 Å². The lowest BCUT2D eigenvalue weighted by Gasteiger charge is -2.23. The van der Waals surface area contributed by atoms with Gasteiger partial charge in [-0.3, -0.25) is 4.79 Å². The number of unbranched alkanes of at least 4 members (excludes halogenated alkanes) is 1. The molecule has 2 aromatic rings. The van der Waals surface area contributed by atoms with E-state index in [9.17, 15) is 4.79 Å². The van der Waals surface area contributed by atoms with E-state index < -0.39 is 0 Å². The number of amides is 1. The van der Waals surface area contributed by atoms with Crippen LogP contribution in [0.3, 0.4) is 0 Å². The van der Waals surface area contributed by atoms with E-state index in [2.05, 4.69) is 24.2 Å². The number of carbonyl (C=O) groups is 1. The minimum Gasteiger partial charge on any atom is -0.355 e.